The van der Waals surface area contributed by atoms with Crippen LogP contribution in [0.3, 0.4) is 0 Å². The fourth-order valence-electron chi connectivity index (χ4n) is 3.55. The molecule has 0 bridgehead atoms. The maximum Gasteiger partial charge on any atom is 0.344 e. The van der Waals surface area contributed by atoms with Gasteiger partial charge in [0.2, 0.25) is 5.91 Å². The number of nitrogens with one attached hydrogen (secondary N) is 1. The molecule has 6 nitrogen and oxygen atoms in total. The summed E-state index contributed by atoms with van der Waals surface area (Å²) >= 11 is 0. The van der Waals surface area contributed by atoms with E-state index < -0.39 is 18.5 Å². The van der Waals surface area contributed by atoms with E-state index in [1.54, 1.807) is 12.1 Å². The number of esters is 2. The maximum absolute atomic E-state index is 12.2. The van der Waals surface area contributed by atoms with Crippen LogP contribution in [0.1, 0.15) is 57.3 Å². The van der Waals surface area contributed by atoms with E-state index >= 15 is 0 Å². The second-order valence-corrected chi connectivity index (χ2v) is 7.69. The van der Waals surface area contributed by atoms with Crippen LogP contribution in [-0.2, 0) is 19.1 Å². The second-order valence-electron chi connectivity index (χ2n) is 7.69. The number of carbonyl (C=O) groups is 3. The molecule has 3 atom stereocenters. The SMILES string of the molecule is CC(=O)Nc1ccc(C(=O)OCC(=O)O[C@@H]2C[C@H](C)CC[C@@H]2C(C)C)cc1. The van der Waals surface area contributed by atoms with Crippen LogP contribution in [0, 0.1) is 17.8 Å². The first-order valence-corrected chi connectivity index (χ1v) is 9.50. The van der Waals surface area contributed by atoms with Gasteiger partial charge in [-0.2, -0.15) is 0 Å². The molecule has 0 aliphatic heterocycles. The van der Waals surface area contributed by atoms with Crippen molar-refractivity contribution in [2.75, 3.05) is 11.9 Å². The number of benzene rings is 1. The lowest BCUT2D eigenvalue weighted by Crippen LogP contribution is -2.36. The zero-order chi connectivity index (χ0) is 20.0. The number of ether oxygens (including phenoxy) is 2. The Morgan fingerprint density at radius 2 is 1.81 bits per heavy atom. The predicted molar refractivity (Wildman–Crippen MR) is 102 cm³/mol. The molecule has 0 saturated heterocycles. The average molecular weight is 375 g/mol. The molecule has 1 aromatic rings. The largest absolute Gasteiger partial charge is 0.460 e. The van der Waals surface area contributed by atoms with Gasteiger partial charge < -0.3 is 14.8 Å². The van der Waals surface area contributed by atoms with Crippen LogP contribution in [0.15, 0.2) is 24.3 Å². The molecule has 0 radical (unpaired) electrons. The minimum absolute atomic E-state index is 0.114. The normalized spacial score (nSPS) is 22.2. The Kier molecular flexibility index (Phi) is 7.39. The van der Waals surface area contributed by atoms with E-state index in [0.717, 1.165) is 19.3 Å². The van der Waals surface area contributed by atoms with Crippen molar-refractivity contribution >= 4 is 23.5 Å². The van der Waals surface area contributed by atoms with E-state index in [-0.39, 0.29) is 12.0 Å². The first-order valence-electron chi connectivity index (χ1n) is 9.50. The van der Waals surface area contributed by atoms with Gasteiger partial charge >= 0.3 is 11.9 Å². The Bertz CT molecular complexity index is 668. The van der Waals surface area contributed by atoms with Crippen LogP contribution >= 0.6 is 0 Å². The Labute approximate surface area is 160 Å². The van der Waals surface area contributed by atoms with Crippen molar-refractivity contribution in [3.05, 3.63) is 29.8 Å². The Morgan fingerprint density at radius 3 is 2.41 bits per heavy atom. The molecule has 148 valence electrons. The molecule has 6 heteroatoms. The molecule has 1 amide bonds. The number of hydrogen-bond donors (Lipinski definition) is 1. The summed E-state index contributed by atoms with van der Waals surface area (Å²) in [5.74, 6) is 0.0242. The maximum atomic E-state index is 12.2. The number of hydrogen-bond acceptors (Lipinski definition) is 5. The zero-order valence-corrected chi connectivity index (χ0v) is 16.5. The molecule has 0 unspecified atom stereocenters. The summed E-state index contributed by atoms with van der Waals surface area (Å²) in [4.78, 5) is 35.2. The number of carbonyl (C=O) groups excluding carboxylic acids is 3. The third kappa shape index (κ3) is 6.38. The highest BCUT2D eigenvalue weighted by Gasteiger charge is 2.33. The molecule has 27 heavy (non-hydrogen) atoms. The fraction of sp³-hybridized carbons (Fsp3) is 0.571. The highest BCUT2D eigenvalue weighted by Crippen LogP contribution is 2.35. The van der Waals surface area contributed by atoms with Gasteiger partial charge in [-0.3, -0.25) is 4.79 Å². The van der Waals surface area contributed by atoms with Crippen LogP contribution in [-0.4, -0.2) is 30.6 Å². The Morgan fingerprint density at radius 1 is 1.15 bits per heavy atom. The summed E-state index contributed by atoms with van der Waals surface area (Å²) < 4.78 is 10.7. The highest BCUT2D eigenvalue weighted by atomic mass is 16.6. The van der Waals surface area contributed by atoms with Gasteiger partial charge in [0.15, 0.2) is 6.61 Å². The van der Waals surface area contributed by atoms with Crippen molar-refractivity contribution in [2.45, 2.75) is 53.1 Å². The van der Waals surface area contributed by atoms with Crippen LogP contribution in [0.2, 0.25) is 0 Å². The lowest BCUT2D eigenvalue weighted by Gasteiger charge is -2.36. The van der Waals surface area contributed by atoms with Crippen molar-refractivity contribution in [1.82, 2.24) is 0 Å². The second kappa shape index (κ2) is 9.53. The van der Waals surface area contributed by atoms with E-state index in [0.29, 0.717) is 29.0 Å². The fourth-order valence-corrected chi connectivity index (χ4v) is 3.55. The summed E-state index contributed by atoms with van der Waals surface area (Å²) in [7, 11) is 0. The van der Waals surface area contributed by atoms with Crippen molar-refractivity contribution in [3.63, 3.8) is 0 Å². The average Bonchev–Trinajstić information content (AvgIpc) is 2.59. The number of rotatable bonds is 6. The molecule has 1 saturated carbocycles. The molecule has 2 rings (SSSR count). The first kappa shape index (κ1) is 20.9. The molecule has 1 aromatic carbocycles. The van der Waals surface area contributed by atoms with E-state index in [2.05, 4.69) is 26.1 Å². The van der Waals surface area contributed by atoms with E-state index in [4.69, 9.17) is 9.47 Å². The highest BCUT2D eigenvalue weighted by molar-refractivity contribution is 5.92. The summed E-state index contributed by atoms with van der Waals surface area (Å²) in [6.45, 7) is 7.47. The van der Waals surface area contributed by atoms with Crippen LogP contribution in [0.4, 0.5) is 5.69 Å². The molecule has 0 heterocycles. The van der Waals surface area contributed by atoms with Gasteiger partial charge in [-0.1, -0.05) is 27.2 Å². The van der Waals surface area contributed by atoms with Crippen molar-refractivity contribution in [3.8, 4) is 0 Å². The molecule has 1 aliphatic rings. The van der Waals surface area contributed by atoms with Gasteiger partial charge in [0.25, 0.3) is 0 Å². The smallest absolute Gasteiger partial charge is 0.344 e. The van der Waals surface area contributed by atoms with Gasteiger partial charge in [-0.05, 0) is 54.9 Å². The molecular formula is C21H29NO5. The van der Waals surface area contributed by atoms with E-state index in [1.165, 1.54) is 19.1 Å². The van der Waals surface area contributed by atoms with Crippen molar-refractivity contribution in [1.29, 1.82) is 0 Å². The summed E-state index contributed by atoms with van der Waals surface area (Å²) in [6, 6.07) is 6.28. The van der Waals surface area contributed by atoms with Crippen LogP contribution < -0.4 is 5.32 Å². The standard InChI is InChI=1S/C21H29NO5/c1-13(2)18-10-5-14(3)11-19(18)27-20(24)12-26-21(25)16-6-8-17(9-7-16)22-15(4)23/h6-9,13-14,18-19H,5,10-12H2,1-4H3,(H,22,23)/t14-,18-,19-/m1/s1. The summed E-state index contributed by atoms with van der Waals surface area (Å²) in [6.07, 6.45) is 2.95. The van der Waals surface area contributed by atoms with Gasteiger partial charge in [-0.25, -0.2) is 9.59 Å². The lowest BCUT2D eigenvalue weighted by molar-refractivity contribution is -0.159. The quantitative estimate of drug-likeness (QED) is 0.765. The third-order valence-corrected chi connectivity index (χ3v) is 5.01. The number of amides is 1. The van der Waals surface area contributed by atoms with E-state index in [1.807, 2.05) is 0 Å². The molecule has 1 N–H and O–H groups in total. The van der Waals surface area contributed by atoms with Gasteiger partial charge in [-0.15, -0.1) is 0 Å². The minimum atomic E-state index is -0.598. The summed E-state index contributed by atoms with van der Waals surface area (Å²) in [5.41, 5.74) is 0.896. The van der Waals surface area contributed by atoms with Crippen molar-refractivity contribution in [2.24, 2.45) is 17.8 Å². The predicted octanol–water partition coefficient (Wildman–Crippen LogP) is 3.81. The van der Waals surface area contributed by atoms with Crippen LogP contribution in [0.25, 0.3) is 0 Å². The Hall–Kier alpha value is -2.37. The Balaban J connectivity index is 1.85. The van der Waals surface area contributed by atoms with E-state index in [9.17, 15) is 14.4 Å². The lowest BCUT2D eigenvalue weighted by atomic mass is 9.75. The van der Waals surface area contributed by atoms with Gasteiger partial charge in [0, 0.05) is 12.6 Å². The summed E-state index contributed by atoms with van der Waals surface area (Å²) in [5, 5.41) is 2.62. The number of anilines is 1. The third-order valence-electron chi connectivity index (χ3n) is 5.01. The molecule has 0 aromatic heterocycles. The molecule has 0 spiro atoms. The zero-order valence-electron chi connectivity index (χ0n) is 16.5. The minimum Gasteiger partial charge on any atom is -0.460 e. The van der Waals surface area contributed by atoms with Gasteiger partial charge in [0.1, 0.15) is 6.10 Å². The van der Waals surface area contributed by atoms with Crippen LogP contribution in [0.5, 0.6) is 0 Å². The van der Waals surface area contributed by atoms with Gasteiger partial charge in [0.05, 0.1) is 5.56 Å². The molecule has 1 aliphatic carbocycles. The monoisotopic (exact) mass is 375 g/mol. The molecular weight excluding hydrogens is 346 g/mol. The molecule has 1 fully saturated rings. The van der Waals surface area contributed by atoms with Crippen molar-refractivity contribution < 1.29 is 23.9 Å². The first-order chi connectivity index (χ1) is 12.8. The topological polar surface area (TPSA) is 81.7 Å².